The van der Waals surface area contributed by atoms with Crippen molar-refractivity contribution in [1.82, 2.24) is 15.1 Å². The molecule has 0 saturated carbocycles. The van der Waals surface area contributed by atoms with Crippen LogP contribution in [0.25, 0.3) is 5.69 Å². The number of nitrogens with one attached hydrogen (secondary N) is 1. The predicted molar refractivity (Wildman–Crippen MR) is 86.7 cm³/mol. The van der Waals surface area contributed by atoms with E-state index in [4.69, 9.17) is 0 Å². The lowest BCUT2D eigenvalue weighted by atomic mass is 9.95. The van der Waals surface area contributed by atoms with Gasteiger partial charge in [0, 0.05) is 18.0 Å². The Bertz CT molecular complexity index is 710. The molecule has 122 valence electrons. The molecule has 0 saturated heterocycles. The van der Waals surface area contributed by atoms with Gasteiger partial charge < -0.3 is 10.4 Å². The van der Waals surface area contributed by atoms with Crippen molar-refractivity contribution in [2.45, 2.75) is 39.2 Å². The van der Waals surface area contributed by atoms with E-state index in [1.165, 1.54) is 6.92 Å². The van der Waals surface area contributed by atoms with Crippen LogP contribution in [0.15, 0.2) is 36.7 Å². The van der Waals surface area contributed by atoms with E-state index >= 15 is 0 Å². The monoisotopic (exact) mass is 315 g/mol. The Morgan fingerprint density at radius 2 is 2.13 bits per heavy atom. The molecule has 0 aliphatic rings. The molecule has 1 heterocycles. The van der Waals surface area contributed by atoms with Crippen molar-refractivity contribution in [3.63, 3.8) is 0 Å². The number of carbonyl (C=O) groups is 2. The van der Waals surface area contributed by atoms with Gasteiger partial charge in [0.05, 0.1) is 5.69 Å². The molecule has 23 heavy (non-hydrogen) atoms. The van der Waals surface area contributed by atoms with Gasteiger partial charge in [-0.15, -0.1) is 0 Å². The fourth-order valence-corrected chi connectivity index (χ4v) is 2.51. The molecule has 1 aromatic heterocycles. The van der Waals surface area contributed by atoms with Gasteiger partial charge in [0.2, 0.25) is 0 Å². The molecule has 2 aromatic rings. The summed E-state index contributed by atoms with van der Waals surface area (Å²) in [5, 5.41) is 16.2. The van der Waals surface area contributed by atoms with Gasteiger partial charge in [-0.05, 0) is 50.1 Å². The molecule has 1 atom stereocenters. The minimum atomic E-state index is -1.26. The third kappa shape index (κ3) is 3.59. The molecule has 0 fully saturated rings. The highest BCUT2D eigenvalue weighted by Crippen LogP contribution is 2.17. The van der Waals surface area contributed by atoms with Crippen LogP contribution < -0.4 is 5.32 Å². The van der Waals surface area contributed by atoms with Crippen molar-refractivity contribution in [3.05, 3.63) is 47.8 Å². The fourth-order valence-electron chi connectivity index (χ4n) is 2.51. The first-order valence-electron chi connectivity index (χ1n) is 7.54. The third-order valence-electron chi connectivity index (χ3n) is 3.82. The Balaban J connectivity index is 2.23. The summed E-state index contributed by atoms with van der Waals surface area (Å²) >= 11 is 0. The van der Waals surface area contributed by atoms with E-state index in [0.717, 1.165) is 11.3 Å². The van der Waals surface area contributed by atoms with Gasteiger partial charge in [-0.2, -0.15) is 5.10 Å². The molecular formula is C17H21N3O3. The largest absolute Gasteiger partial charge is 0.480 e. The Morgan fingerprint density at radius 1 is 1.39 bits per heavy atom. The molecule has 2 N–H and O–H groups in total. The number of hydrogen-bond donors (Lipinski definition) is 2. The summed E-state index contributed by atoms with van der Waals surface area (Å²) in [5.41, 5.74) is 0.928. The Kier molecular flexibility index (Phi) is 4.83. The maximum atomic E-state index is 12.4. The summed E-state index contributed by atoms with van der Waals surface area (Å²) in [7, 11) is 0. The van der Waals surface area contributed by atoms with Crippen LogP contribution >= 0.6 is 0 Å². The van der Waals surface area contributed by atoms with Gasteiger partial charge in [0.15, 0.2) is 0 Å². The van der Waals surface area contributed by atoms with Crippen molar-refractivity contribution >= 4 is 11.9 Å². The van der Waals surface area contributed by atoms with Gasteiger partial charge in [0.25, 0.3) is 5.91 Å². The van der Waals surface area contributed by atoms with Crippen LogP contribution in [-0.4, -0.2) is 32.3 Å². The highest BCUT2D eigenvalue weighted by atomic mass is 16.4. The Morgan fingerprint density at radius 3 is 2.65 bits per heavy atom. The summed E-state index contributed by atoms with van der Waals surface area (Å²) < 4.78 is 1.72. The van der Waals surface area contributed by atoms with E-state index in [9.17, 15) is 14.7 Å². The summed E-state index contributed by atoms with van der Waals surface area (Å²) in [6, 6.07) is 7.03. The van der Waals surface area contributed by atoms with Gasteiger partial charge in [-0.1, -0.05) is 13.3 Å². The Hall–Kier alpha value is -2.63. The molecule has 0 bridgehead atoms. The molecule has 6 heteroatoms. The molecule has 0 aliphatic heterocycles. The van der Waals surface area contributed by atoms with E-state index in [0.29, 0.717) is 18.4 Å². The van der Waals surface area contributed by atoms with Gasteiger partial charge in [0.1, 0.15) is 5.54 Å². The van der Waals surface area contributed by atoms with Crippen LogP contribution in [0.2, 0.25) is 0 Å². The topological polar surface area (TPSA) is 84.2 Å². The van der Waals surface area contributed by atoms with E-state index in [1.807, 2.05) is 26.1 Å². The lowest BCUT2D eigenvalue weighted by molar-refractivity contribution is -0.144. The van der Waals surface area contributed by atoms with Crippen molar-refractivity contribution in [2.75, 3.05) is 0 Å². The number of rotatable bonds is 6. The number of carboxylic acids is 1. The van der Waals surface area contributed by atoms with Crippen LogP contribution in [0.3, 0.4) is 0 Å². The molecule has 2 rings (SSSR count). The minimum Gasteiger partial charge on any atom is -0.480 e. The first-order chi connectivity index (χ1) is 10.9. The van der Waals surface area contributed by atoms with E-state index < -0.39 is 17.4 Å². The second-order valence-corrected chi connectivity index (χ2v) is 5.79. The summed E-state index contributed by atoms with van der Waals surface area (Å²) in [4.78, 5) is 23.8. The standard InChI is InChI=1S/C17H21N3O3/c1-4-8-17(3,16(22)23)19-15(21)13-6-7-14(12(2)11-13)20-10-5-9-18-20/h5-7,9-11H,4,8H2,1-3H3,(H,19,21)(H,22,23). The number of hydrogen-bond acceptors (Lipinski definition) is 3. The van der Waals surface area contributed by atoms with Crippen molar-refractivity contribution in [3.8, 4) is 5.69 Å². The highest BCUT2D eigenvalue weighted by Gasteiger charge is 2.34. The normalized spacial score (nSPS) is 13.3. The number of amides is 1. The second-order valence-electron chi connectivity index (χ2n) is 5.79. The van der Waals surface area contributed by atoms with Crippen LogP contribution in [-0.2, 0) is 4.79 Å². The number of carboxylic acid groups (broad SMARTS) is 1. The molecule has 0 aliphatic carbocycles. The van der Waals surface area contributed by atoms with Crippen LogP contribution in [0, 0.1) is 6.92 Å². The number of nitrogens with zero attached hydrogens (tertiary/aromatic N) is 2. The van der Waals surface area contributed by atoms with Crippen molar-refractivity contribution in [2.24, 2.45) is 0 Å². The molecule has 6 nitrogen and oxygen atoms in total. The number of carbonyl (C=O) groups excluding carboxylic acids is 1. The van der Waals surface area contributed by atoms with Gasteiger partial charge in [-0.25, -0.2) is 9.48 Å². The van der Waals surface area contributed by atoms with Crippen molar-refractivity contribution in [1.29, 1.82) is 0 Å². The Labute approximate surface area is 135 Å². The third-order valence-corrected chi connectivity index (χ3v) is 3.82. The summed E-state index contributed by atoms with van der Waals surface area (Å²) in [6.45, 7) is 5.30. The smallest absolute Gasteiger partial charge is 0.329 e. The second kappa shape index (κ2) is 6.64. The first kappa shape index (κ1) is 16.7. The van der Waals surface area contributed by atoms with E-state index in [2.05, 4.69) is 10.4 Å². The van der Waals surface area contributed by atoms with Gasteiger partial charge in [-0.3, -0.25) is 4.79 Å². The fraction of sp³-hybridized carbons (Fsp3) is 0.353. The molecule has 0 spiro atoms. The van der Waals surface area contributed by atoms with Crippen molar-refractivity contribution < 1.29 is 14.7 Å². The minimum absolute atomic E-state index is 0.373. The maximum Gasteiger partial charge on any atom is 0.329 e. The van der Waals surface area contributed by atoms with Gasteiger partial charge >= 0.3 is 5.97 Å². The molecular weight excluding hydrogens is 294 g/mol. The van der Waals surface area contributed by atoms with Crippen LogP contribution in [0.5, 0.6) is 0 Å². The lowest BCUT2D eigenvalue weighted by Gasteiger charge is -2.26. The zero-order valence-corrected chi connectivity index (χ0v) is 13.5. The zero-order chi connectivity index (χ0) is 17.0. The zero-order valence-electron chi connectivity index (χ0n) is 13.5. The van der Waals surface area contributed by atoms with E-state index in [1.54, 1.807) is 29.1 Å². The summed E-state index contributed by atoms with van der Waals surface area (Å²) in [5.74, 6) is -1.42. The maximum absolute atomic E-state index is 12.4. The average Bonchev–Trinajstić information content (AvgIpc) is 3.01. The highest BCUT2D eigenvalue weighted by molar-refractivity contribution is 5.98. The number of benzene rings is 1. The predicted octanol–water partition coefficient (Wildman–Crippen LogP) is 2.55. The lowest BCUT2D eigenvalue weighted by Crippen LogP contribution is -2.52. The SMILES string of the molecule is CCCC(C)(NC(=O)c1ccc(-n2cccn2)c(C)c1)C(=O)O. The molecule has 1 unspecified atom stereocenters. The van der Waals surface area contributed by atoms with Crippen LogP contribution in [0.1, 0.15) is 42.6 Å². The quantitative estimate of drug-likeness (QED) is 0.858. The summed E-state index contributed by atoms with van der Waals surface area (Å²) in [6.07, 6.45) is 4.55. The van der Waals surface area contributed by atoms with E-state index in [-0.39, 0.29) is 0 Å². The molecule has 1 aromatic carbocycles. The molecule has 1 amide bonds. The number of aromatic nitrogens is 2. The number of aryl methyl sites for hydroxylation is 1. The number of aliphatic carboxylic acids is 1. The average molecular weight is 315 g/mol. The first-order valence-corrected chi connectivity index (χ1v) is 7.54. The van der Waals surface area contributed by atoms with Crippen LogP contribution in [0.4, 0.5) is 0 Å². The molecule has 0 radical (unpaired) electrons.